The number of carbonyl (C=O) groups excluding carboxylic acids is 1. The van der Waals surface area contributed by atoms with Gasteiger partial charge in [-0.15, -0.1) is 0 Å². The largest absolute Gasteiger partial charge is 0.484 e. The monoisotopic (exact) mass is 288 g/mol. The van der Waals surface area contributed by atoms with Gasteiger partial charge in [-0.3, -0.25) is 4.79 Å². The molecule has 0 fully saturated rings. The van der Waals surface area contributed by atoms with Gasteiger partial charge in [0, 0.05) is 18.3 Å². The molecule has 0 aliphatic carbocycles. The third-order valence-corrected chi connectivity index (χ3v) is 2.96. The van der Waals surface area contributed by atoms with Gasteiger partial charge in [-0.25, -0.2) is 4.39 Å². The topological polar surface area (TPSA) is 64.3 Å². The molecule has 2 rings (SSSR count). The molecule has 1 amide bonds. The zero-order valence-corrected chi connectivity index (χ0v) is 11.7. The van der Waals surface area contributed by atoms with Crippen molar-refractivity contribution in [1.29, 1.82) is 0 Å². The van der Waals surface area contributed by atoms with Crippen LogP contribution in [-0.4, -0.2) is 12.5 Å². The summed E-state index contributed by atoms with van der Waals surface area (Å²) in [6, 6.07) is 11.6. The minimum atomic E-state index is -0.438. The number of nitrogens with two attached hydrogens (primary N) is 1. The molecule has 5 heteroatoms. The highest BCUT2D eigenvalue weighted by Crippen LogP contribution is 2.17. The van der Waals surface area contributed by atoms with Gasteiger partial charge in [-0.1, -0.05) is 18.2 Å². The summed E-state index contributed by atoms with van der Waals surface area (Å²) in [7, 11) is 0. The van der Waals surface area contributed by atoms with E-state index in [0.29, 0.717) is 5.56 Å². The second-order valence-corrected chi connectivity index (χ2v) is 4.65. The lowest BCUT2D eigenvalue weighted by Crippen LogP contribution is -2.20. The Balaban J connectivity index is 1.95. The molecule has 3 N–H and O–H groups in total. The Bertz CT molecular complexity index is 644. The van der Waals surface area contributed by atoms with Crippen molar-refractivity contribution in [3.8, 4) is 5.75 Å². The zero-order chi connectivity index (χ0) is 15.2. The Hall–Kier alpha value is -2.40. The van der Waals surface area contributed by atoms with Gasteiger partial charge in [0.05, 0.1) is 0 Å². The SMILES string of the molecule is Cc1ccccc1NC(=O)COc1cc(F)cc(CN)c1. The van der Waals surface area contributed by atoms with Gasteiger partial charge < -0.3 is 15.8 Å². The maximum absolute atomic E-state index is 13.3. The first-order valence-electron chi connectivity index (χ1n) is 6.56. The van der Waals surface area contributed by atoms with Crippen molar-refractivity contribution < 1.29 is 13.9 Å². The van der Waals surface area contributed by atoms with Crippen molar-refractivity contribution in [3.63, 3.8) is 0 Å². The number of carbonyl (C=O) groups is 1. The Morgan fingerprint density at radius 2 is 2.05 bits per heavy atom. The number of halogens is 1. The van der Waals surface area contributed by atoms with Crippen LogP contribution in [0.3, 0.4) is 0 Å². The number of benzene rings is 2. The average molecular weight is 288 g/mol. The third-order valence-electron chi connectivity index (χ3n) is 2.96. The van der Waals surface area contributed by atoms with Crippen LogP contribution in [0.15, 0.2) is 42.5 Å². The lowest BCUT2D eigenvalue weighted by atomic mass is 10.2. The number of anilines is 1. The van der Waals surface area contributed by atoms with E-state index in [-0.39, 0.29) is 24.8 Å². The fourth-order valence-corrected chi connectivity index (χ4v) is 1.87. The number of hydrogen-bond donors (Lipinski definition) is 2. The van der Waals surface area contributed by atoms with E-state index in [4.69, 9.17) is 10.5 Å². The summed E-state index contributed by atoms with van der Waals surface area (Å²) in [6.07, 6.45) is 0. The van der Waals surface area contributed by atoms with E-state index in [1.807, 2.05) is 31.2 Å². The first-order valence-corrected chi connectivity index (χ1v) is 6.56. The number of hydrogen-bond acceptors (Lipinski definition) is 3. The summed E-state index contributed by atoms with van der Waals surface area (Å²) < 4.78 is 18.6. The van der Waals surface area contributed by atoms with Crippen LogP contribution in [0.1, 0.15) is 11.1 Å². The molecule has 2 aromatic carbocycles. The molecule has 0 radical (unpaired) electrons. The molecule has 0 aliphatic heterocycles. The van der Waals surface area contributed by atoms with Crippen LogP contribution in [-0.2, 0) is 11.3 Å². The lowest BCUT2D eigenvalue weighted by molar-refractivity contribution is -0.118. The Labute approximate surface area is 122 Å². The van der Waals surface area contributed by atoms with Crippen LogP contribution < -0.4 is 15.8 Å². The van der Waals surface area contributed by atoms with Crippen molar-refractivity contribution in [2.45, 2.75) is 13.5 Å². The highest BCUT2D eigenvalue weighted by Gasteiger charge is 2.07. The second-order valence-electron chi connectivity index (χ2n) is 4.65. The molecule has 0 unspecified atom stereocenters. The fraction of sp³-hybridized carbons (Fsp3) is 0.188. The first kappa shape index (κ1) is 15.0. The summed E-state index contributed by atoms with van der Waals surface area (Å²) in [5.41, 5.74) is 7.77. The molecule has 0 spiro atoms. The van der Waals surface area contributed by atoms with Crippen molar-refractivity contribution in [1.82, 2.24) is 0 Å². The molecule has 21 heavy (non-hydrogen) atoms. The van der Waals surface area contributed by atoms with E-state index in [1.165, 1.54) is 12.1 Å². The van der Waals surface area contributed by atoms with E-state index in [2.05, 4.69) is 5.32 Å². The van der Waals surface area contributed by atoms with E-state index in [0.717, 1.165) is 11.3 Å². The quantitative estimate of drug-likeness (QED) is 0.889. The van der Waals surface area contributed by atoms with E-state index in [9.17, 15) is 9.18 Å². The molecule has 0 heterocycles. The molecule has 0 atom stereocenters. The molecule has 4 nitrogen and oxygen atoms in total. The molecule has 0 saturated carbocycles. The standard InChI is InChI=1S/C16H17FN2O2/c1-11-4-2-3-5-15(11)19-16(20)10-21-14-7-12(9-18)6-13(17)8-14/h2-8H,9-10,18H2,1H3,(H,19,20). The summed E-state index contributed by atoms with van der Waals surface area (Å²) in [4.78, 5) is 11.8. The number of rotatable bonds is 5. The number of nitrogens with one attached hydrogen (secondary N) is 1. The smallest absolute Gasteiger partial charge is 0.262 e. The van der Waals surface area contributed by atoms with Crippen molar-refractivity contribution in [3.05, 3.63) is 59.4 Å². The summed E-state index contributed by atoms with van der Waals surface area (Å²) in [5, 5.41) is 2.74. The van der Waals surface area contributed by atoms with Crippen LogP contribution in [0, 0.1) is 12.7 Å². The molecule has 2 aromatic rings. The zero-order valence-electron chi connectivity index (χ0n) is 11.7. The maximum Gasteiger partial charge on any atom is 0.262 e. The van der Waals surface area contributed by atoms with Gasteiger partial charge in [-0.2, -0.15) is 0 Å². The van der Waals surface area contributed by atoms with Crippen LogP contribution in [0.4, 0.5) is 10.1 Å². The lowest BCUT2D eigenvalue weighted by Gasteiger charge is -2.10. The summed E-state index contributed by atoms with van der Waals surface area (Å²) >= 11 is 0. The molecule has 110 valence electrons. The van der Waals surface area contributed by atoms with Gasteiger partial charge in [0.15, 0.2) is 6.61 Å². The van der Waals surface area contributed by atoms with Gasteiger partial charge >= 0.3 is 0 Å². The molecule has 0 saturated heterocycles. The van der Waals surface area contributed by atoms with E-state index < -0.39 is 5.82 Å². The molecule has 0 aliphatic rings. The average Bonchev–Trinajstić information content (AvgIpc) is 2.47. The van der Waals surface area contributed by atoms with E-state index >= 15 is 0 Å². The van der Waals surface area contributed by atoms with Gasteiger partial charge in [0.25, 0.3) is 5.91 Å². The molecular formula is C16H17FN2O2. The molecule has 0 bridgehead atoms. The van der Waals surface area contributed by atoms with Crippen LogP contribution in [0.5, 0.6) is 5.75 Å². The number of aryl methyl sites for hydroxylation is 1. The minimum Gasteiger partial charge on any atom is -0.484 e. The van der Waals surface area contributed by atoms with Crippen LogP contribution in [0.25, 0.3) is 0 Å². The maximum atomic E-state index is 13.3. The predicted octanol–water partition coefficient (Wildman–Crippen LogP) is 2.61. The highest BCUT2D eigenvalue weighted by molar-refractivity contribution is 5.92. The normalized spacial score (nSPS) is 10.2. The number of ether oxygens (including phenoxy) is 1. The fourth-order valence-electron chi connectivity index (χ4n) is 1.87. The van der Waals surface area contributed by atoms with E-state index in [1.54, 1.807) is 6.07 Å². The van der Waals surface area contributed by atoms with Crippen molar-refractivity contribution in [2.24, 2.45) is 5.73 Å². The highest BCUT2D eigenvalue weighted by atomic mass is 19.1. The summed E-state index contributed by atoms with van der Waals surface area (Å²) in [5.74, 6) is -0.453. The minimum absolute atomic E-state index is 0.193. The van der Waals surface area contributed by atoms with Crippen molar-refractivity contribution in [2.75, 3.05) is 11.9 Å². The summed E-state index contributed by atoms with van der Waals surface area (Å²) in [6.45, 7) is 1.92. The Kier molecular flexibility index (Phi) is 4.90. The van der Waals surface area contributed by atoms with Gasteiger partial charge in [0.1, 0.15) is 11.6 Å². The Morgan fingerprint density at radius 3 is 2.76 bits per heavy atom. The second kappa shape index (κ2) is 6.85. The van der Waals surface area contributed by atoms with Crippen LogP contribution >= 0.6 is 0 Å². The third kappa shape index (κ3) is 4.29. The van der Waals surface area contributed by atoms with Gasteiger partial charge in [-0.05, 0) is 36.2 Å². The molecule has 0 aromatic heterocycles. The van der Waals surface area contributed by atoms with Gasteiger partial charge in [0.2, 0.25) is 0 Å². The number of para-hydroxylation sites is 1. The van der Waals surface area contributed by atoms with Crippen LogP contribution in [0.2, 0.25) is 0 Å². The predicted molar refractivity (Wildman–Crippen MR) is 79.6 cm³/mol. The Morgan fingerprint density at radius 1 is 1.29 bits per heavy atom. The number of amides is 1. The van der Waals surface area contributed by atoms with Crippen molar-refractivity contribution >= 4 is 11.6 Å². The first-order chi connectivity index (χ1) is 10.1. The molecular weight excluding hydrogens is 271 g/mol.